The molecular formula is C17H18BrN5O2. The van der Waals surface area contributed by atoms with Crippen molar-refractivity contribution in [2.75, 3.05) is 19.5 Å². The fourth-order valence-corrected chi connectivity index (χ4v) is 2.71. The zero-order chi connectivity index (χ0) is 17.8. The normalized spacial score (nSPS) is 11.6. The lowest BCUT2D eigenvalue weighted by atomic mass is 10.3. The van der Waals surface area contributed by atoms with Crippen LogP contribution in [0.3, 0.4) is 0 Å². The average molecular weight is 404 g/mol. The minimum Gasteiger partial charge on any atom is -0.493 e. The Kier molecular flexibility index (Phi) is 5.08. The number of anilines is 1. The predicted octanol–water partition coefficient (Wildman–Crippen LogP) is 3.04. The van der Waals surface area contributed by atoms with Gasteiger partial charge in [-0.05, 0) is 40.2 Å². The van der Waals surface area contributed by atoms with E-state index in [1.165, 1.54) is 0 Å². The van der Waals surface area contributed by atoms with Gasteiger partial charge in [0, 0.05) is 28.6 Å². The lowest BCUT2D eigenvalue weighted by Gasteiger charge is -2.10. The second kappa shape index (κ2) is 7.43. The minimum absolute atomic E-state index is 0.297. The summed E-state index contributed by atoms with van der Waals surface area (Å²) in [5.74, 6) is 1.57. The first-order valence-corrected chi connectivity index (χ1v) is 8.30. The summed E-state index contributed by atoms with van der Waals surface area (Å²) < 4.78 is 13.4. The number of methoxy groups -OCH3 is 2. The van der Waals surface area contributed by atoms with Gasteiger partial charge in [0.15, 0.2) is 17.5 Å². The molecular weight excluding hydrogens is 386 g/mol. The van der Waals surface area contributed by atoms with Gasteiger partial charge in [-0.3, -0.25) is 0 Å². The van der Waals surface area contributed by atoms with Gasteiger partial charge in [0.1, 0.15) is 5.65 Å². The van der Waals surface area contributed by atoms with Crippen molar-refractivity contribution in [3.63, 3.8) is 0 Å². The number of nitrogens with zero attached hydrogens (tertiary/aromatic N) is 3. The van der Waals surface area contributed by atoms with E-state index in [-0.39, 0.29) is 0 Å². The summed E-state index contributed by atoms with van der Waals surface area (Å²) in [6.45, 7) is 0.380. The number of pyridine rings is 1. The van der Waals surface area contributed by atoms with Crippen LogP contribution in [0.15, 0.2) is 52.2 Å². The van der Waals surface area contributed by atoms with Crippen LogP contribution in [0, 0.1) is 0 Å². The number of fused-ring (bicyclic) bond motifs is 1. The molecule has 0 bridgehead atoms. The quantitative estimate of drug-likeness (QED) is 0.504. The molecule has 130 valence electrons. The van der Waals surface area contributed by atoms with Crippen molar-refractivity contribution in [2.24, 2.45) is 10.7 Å². The van der Waals surface area contributed by atoms with Gasteiger partial charge in [0.05, 0.1) is 26.5 Å². The molecule has 0 aliphatic rings. The Morgan fingerprint density at radius 2 is 2.00 bits per heavy atom. The average Bonchev–Trinajstić information content (AvgIpc) is 3.01. The summed E-state index contributed by atoms with van der Waals surface area (Å²) in [5.41, 5.74) is 8.41. The Morgan fingerprint density at radius 3 is 2.76 bits per heavy atom. The largest absolute Gasteiger partial charge is 0.493 e. The fourth-order valence-electron chi connectivity index (χ4n) is 2.36. The summed E-state index contributed by atoms with van der Waals surface area (Å²) >= 11 is 3.44. The van der Waals surface area contributed by atoms with Gasteiger partial charge in [-0.15, -0.1) is 0 Å². The van der Waals surface area contributed by atoms with Crippen molar-refractivity contribution < 1.29 is 9.47 Å². The number of nitrogens with two attached hydrogens (primary N) is 1. The topological polar surface area (TPSA) is 86.2 Å². The number of ether oxygens (including phenoxy) is 2. The maximum atomic E-state index is 5.96. The molecule has 0 saturated carbocycles. The highest BCUT2D eigenvalue weighted by Crippen LogP contribution is 2.29. The molecule has 2 heterocycles. The number of aliphatic imine (C=N–C) groups is 1. The first-order chi connectivity index (χ1) is 12.1. The second-order valence-electron chi connectivity index (χ2n) is 5.24. The third-order valence-corrected chi connectivity index (χ3v) is 4.00. The molecule has 0 radical (unpaired) electrons. The summed E-state index contributed by atoms with van der Waals surface area (Å²) in [7, 11) is 3.18. The smallest absolute Gasteiger partial charge is 0.193 e. The molecule has 0 amide bonds. The zero-order valence-electron chi connectivity index (χ0n) is 13.9. The van der Waals surface area contributed by atoms with E-state index >= 15 is 0 Å². The van der Waals surface area contributed by atoms with Gasteiger partial charge in [0.2, 0.25) is 0 Å². The highest BCUT2D eigenvalue weighted by atomic mass is 79.9. The van der Waals surface area contributed by atoms with Crippen LogP contribution < -0.4 is 20.5 Å². The third kappa shape index (κ3) is 4.03. The Labute approximate surface area is 153 Å². The van der Waals surface area contributed by atoms with Crippen molar-refractivity contribution in [1.29, 1.82) is 0 Å². The van der Waals surface area contributed by atoms with E-state index in [0.717, 1.165) is 21.5 Å². The van der Waals surface area contributed by atoms with Gasteiger partial charge in [-0.25, -0.2) is 9.98 Å². The van der Waals surface area contributed by atoms with Crippen LogP contribution >= 0.6 is 15.9 Å². The second-order valence-corrected chi connectivity index (χ2v) is 6.16. The predicted molar refractivity (Wildman–Crippen MR) is 101 cm³/mol. The SMILES string of the molecule is COc1ccc(NC(N)=NCc2cn3cc(Br)ccc3n2)cc1OC. The number of hydrogen-bond acceptors (Lipinski definition) is 4. The van der Waals surface area contributed by atoms with Crippen molar-refractivity contribution in [2.45, 2.75) is 6.54 Å². The number of aromatic nitrogens is 2. The lowest BCUT2D eigenvalue weighted by molar-refractivity contribution is 0.355. The van der Waals surface area contributed by atoms with Crippen molar-refractivity contribution >= 4 is 33.2 Å². The van der Waals surface area contributed by atoms with Crippen LogP contribution in [0.5, 0.6) is 11.5 Å². The maximum absolute atomic E-state index is 5.96. The molecule has 8 heteroatoms. The fraction of sp³-hybridized carbons (Fsp3) is 0.176. The summed E-state index contributed by atoms with van der Waals surface area (Å²) in [6.07, 6.45) is 3.87. The maximum Gasteiger partial charge on any atom is 0.193 e. The van der Waals surface area contributed by atoms with E-state index in [1.54, 1.807) is 26.4 Å². The summed E-state index contributed by atoms with van der Waals surface area (Å²) in [6, 6.07) is 9.31. The van der Waals surface area contributed by atoms with Crippen LogP contribution in [-0.2, 0) is 6.54 Å². The van der Waals surface area contributed by atoms with Crippen LogP contribution in [0.2, 0.25) is 0 Å². The van der Waals surface area contributed by atoms with E-state index < -0.39 is 0 Å². The molecule has 3 N–H and O–H groups in total. The Hall–Kier alpha value is -2.74. The number of guanidine groups is 1. The number of nitrogens with one attached hydrogen (secondary N) is 1. The van der Waals surface area contributed by atoms with Gasteiger partial charge in [-0.1, -0.05) is 0 Å². The Bertz CT molecular complexity index is 923. The first kappa shape index (κ1) is 17.1. The number of halogens is 1. The molecule has 3 rings (SSSR count). The van der Waals surface area contributed by atoms with E-state index in [1.807, 2.05) is 35.0 Å². The summed E-state index contributed by atoms with van der Waals surface area (Å²) in [4.78, 5) is 8.83. The van der Waals surface area contributed by atoms with E-state index in [0.29, 0.717) is 24.0 Å². The van der Waals surface area contributed by atoms with Crippen LogP contribution in [0.4, 0.5) is 5.69 Å². The van der Waals surface area contributed by atoms with Crippen LogP contribution in [-0.4, -0.2) is 29.6 Å². The number of imidazole rings is 1. The van der Waals surface area contributed by atoms with Gasteiger partial charge in [0.25, 0.3) is 0 Å². The van der Waals surface area contributed by atoms with Crippen molar-refractivity contribution in [3.05, 3.63) is 52.9 Å². The van der Waals surface area contributed by atoms with Gasteiger partial charge in [-0.2, -0.15) is 0 Å². The molecule has 0 aliphatic heterocycles. The van der Waals surface area contributed by atoms with E-state index in [2.05, 4.69) is 31.2 Å². The third-order valence-electron chi connectivity index (χ3n) is 3.53. The molecule has 0 atom stereocenters. The van der Waals surface area contributed by atoms with Crippen LogP contribution in [0.25, 0.3) is 5.65 Å². The molecule has 25 heavy (non-hydrogen) atoms. The molecule has 0 aliphatic carbocycles. The molecule has 1 aromatic carbocycles. The Morgan fingerprint density at radius 1 is 1.20 bits per heavy atom. The lowest BCUT2D eigenvalue weighted by Crippen LogP contribution is -2.22. The van der Waals surface area contributed by atoms with Crippen LogP contribution in [0.1, 0.15) is 5.69 Å². The monoisotopic (exact) mass is 403 g/mol. The van der Waals surface area contributed by atoms with E-state index in [4.69, 9.17) is 15.2 Å². The molecule has 0 fully saturated rings. The molecule has 0 saturated heterocycles. The van der Waals surface area contributed by atoms with Crippen molar-refractivity contribution in [1.82, 2.24) is 9.38 Å². The zero-order valence-corrected chi connectivity index (χ0v) is 15.4. The summed E-state index contributed by atoms with van der Waals surface area (Å²) in [5, 5.41) is 3.03. The molecule has 7 nitrogen and oxygen atoms in total. The number of benzene rings is 1. The molecule has 0 spiro atoms. The standard InChI is InChI=1S/C17H18BrN5O2/c1-24-14-5-4-12(7-15(14)25-2)22-17(19)20-8-13-10-23-9-11(18)3-6-16(23)21-13/h3-7,9-10H,8H2,1-2H3,(H3,19,20,22). The minimum atomic E-state index is 0.297. The molecule has 0 unspecified atom stereocenters. The Balaban J connectivity index is 1.70. The molecule has 2 aromatic heterocycles. The number of rotatable bonds is 5. The van der Waals surface area contributed by atoms with E-state index in [9.17, 15) is 0 Å². The highest BCUT2D eigenvalue weighted by Gasteiger charge is 2.06. The van der Waals surface area contributed by atoms with Gasteiger partial charge < -0.3 is 24.9 Å². The number of hydrogen-bond donors (Lipinski definition) is 2. The first-order valence-electron chi connectivity index (χ1n) is 7.51. The van der Waals surface area contributed by atoms with Crippen molar-refractivity contribution in [3.8, 4) is 11.5 Å². The van der Waals surface area contributed by atoms with Gasteiger partial charge >= 0.3 is 0 Å². The molecule has 3 aromatic rings. The highest BCUT2D eigenvalue weighted by molar-refractivity contribution is 9.10.